The Bertz CT molecular complexity index is 560. The number of halogens is 3. The van der Waals surface area contributed by atoms with Crippen LogP contribution in [0, 0.1) is 11.6 Å². The maximum Gasteiger partial charge on any atom is 0.183 e. The minimum Gasteiger partial charge on any atom is -0.481 e. The zero-order chi connectivity index (χ0) is 13.8. The molecule has 0 radical (unpaired) electrons. The number of benzene rings is 2. The topological polar surface area (TPSA) is 35.2 Å². The van der Waals surface area contributed by atoms with Crippen LogP contribution in [-0.4, -0.2) is 6.54 Å². The van der Waals surface area contributed by atoms with Gasteiger partial charge in [-0.2, -0.15) is 0 Å². The van der Waals surface area contributed by atoms with Crippen LogP contribution in [0.25, 0.3) is 0 Å². The van der Waals surface area contributed by atoms with Crippen molar-refractivity contribution in [2.75, 3.05) is 6.54 Å². The van der Waals surface area contributed by atoms with Gasteiger partial charge in [0.1, 0.15) is 11.9 Å². The van der Waals surface area contributed by atoms with Crippen molar-refractivity contribution in [2.24, 2.45) is 5.73 Å². The molecule has 0 fully saturated rings. The molecule has 5 heteroatoms. The number of hydrogen-bond donors (Lipinski definition) is 1. The van der Waals surface area contributed by atoms with Crippen LogP contribution in [-0.2, 0) is 0 Å². The minimum absolute atomic E-state index is 0.0206. The van der Waals surface area contributed by atoms with Crippen molar-refractivity contribution in [3.05, 3.63) is 64.7 Å². The van der Waals surface area contributed by atoms with E-state index in [0.717, 1.165) is 0 Å². The Balaban J connectivity index is 2.24. The molecule has 0 spiro atoms. The molecule has 0 saturated carbocycles. The van der Waals surface area contributed by atoms with Crippen molar-refractivity contribution in [2.45, 2.75) is 6.10 Å². The number of nitrogens with two attached hydrogens (primary N) is 1. The molecule has 2 aromatic carbocycles. The monoisotopic (exact) mass is 283 g/mol. The molecule has 2 aromatic rings. The van der Waals surface area contributed by atoms with Gasteiger partial charge in [-0.3, -0.25) is 0 Å². The first-order valence-electron chi connectivity index (χ1n) is 5.68. The summed E-state index contributed by atoms with van der Waals surface area (Å²) in [5.41, 5.74) is 6.27. The molecule has 0 saturated heterocycles. The molecule has 0 amide bonds. The Labute approximate surface area is 114 Å². The van der Waals surface area contributed by atoms with Gasteiger partial charge in [0.15, 0.2) is 11.6 Å². The molecule has 0 aliphatic heterocycles. The van der Waals surface area contributed by atoms with Crippen molar-refractivity contribution in [1.29, 1.82) is 0 Å². The zero-order valence-corrected chi connectivity index (χ0v) is 10.7. The highest BCUT2D eigenvalue weighted by atomic mass is 35.5. The fourth-order valence-electron chi connectivity index (χ4n) is 1.66. The Kier molecular flexibility index (Phi) is 4.35. The van der Waals surface area contributed by atoms with Gasteiger partial charge in [-0.1, -0.05) is 29.8 Å². The lowest BCUT2D eigenvalue weighted by Crippen LogP contribution is -2.19. The van der Waals surface area contributed by atoms with E-state index in [1.807, 2.05) is 0 Å². The maximum absolute atomic E-state index is 13.7. The van der Waals surface area contributed by atoms with Gasteiger partial charge in [-0.15, -0.1) is 0 Å². The molecule has 2 N–H and O–H groups in total. The van der Waals surface area contributed by atoms with Crippen LogP contribution in [0.15, 0.2) is 42.5 Å². The van der Waals surface area contributed by atoms with E-state index < -0.39 is 11.9 Å². The number of ether oxygens (including phenoxy) is 1. The van der Waals surface area contributed by atoms with Gasteiger partial charge in [-0.05, 0) is 29.8 Å². The van der Waals surface area contributed by atoms with Gasteiger partial charge in [0.25, 0.3) is 0 Å². The first kappa shape index (κ1) is 13.8. The Morgan fingerprint density at radius 2 is 1.79 bits per heavy atom. The normalized spacial score (nSPS) is 12.2. The molecule has 0 aromatic heterocycles. The van der Waals surface area contributed by atoms with Crippen LogP contribution in [0.3, 0.4) is 0 Å². The van der Waals surface area contributed by atoms with Crippen molar-refractivity contribution in [1.82, 2.24) is 0 Å². The van der Waals surface area contributed by atoms with Gasteiger partial charge < -0.3 is 10.5 Å². The number of hydrogen-bond acceptors (Lipinski definition) is 2. The summed E-state index contributed by atoms with van der Waals surface area (Å²) in [6.45, 7) is 0.136. The second-order valence-electron chi connectivity index (χ2n) is 3.95. The largest absolute Gasteiger partial charge is 0.481 e. The second-order valence-corrected chi connectivity index (χ2v) is 4.35. The third-order valence-corrected chi connectivity index (χ3v) is 2.93. The van der Waals surface area contributed by atoms with E-state index in [-0.39, 0.29) is 23.1 Å². The van der Waals surface area contributed by atoms with E-state index in [2.05, 4.69) is 0 Å². The summed E-state index contributed by atoms with van der Waals surface area (Å²) in [6, 6.07) is 10.2. The van der Waals surface area contributed by atoms with E-state index in [4.69, 9.17) is 22.1 Å². The smallest absolute Gasteiger partial charge is 0.183 e. The van der Waals surface area contributed by atoms with Gasteiger partial charge in [0.05, 0.1) is 5.02 Å². The molecule has 0 heterocycles. The molecule has 0 aliphatic rings. The van der Waals surface area contributed by atoms with Gasteiger partial charge >= 0.3 is 0 Å². The van der Waals surface area contributed by atoms with E-state index in [9.17, 15) is 8.78 Å². The van der Waals surface area contributed by atoms with Crippen LogP contribution in [0.4, 0.5) is 8.78 Å². The minimum atomic E-state index is -0.635. The summed E-state index contributed by atoms with van der Waals surface area (Å²) in [7, 11) is 0. The third-order valence-electron chi connectivity index (χ3n) is 2.64. The first-order valence-corrected chi connectivity index (χ1v) is 6.06. The fraction of sp³-hybridized carbons (Fsp3) is 0.143. The fourth-order valence-corrected chi connectivity index (χ4v) is 1.82. The summed E-state index contributed by atoms with van der Waals surface area (Å²) >= 11 is 5.67. The predicted octanol–water partition coefficient (Wildman–Crippen LogP) is 3.70. The van der Waals surface area contributed by atoms with Gasteiger partial charge in [0.2, 0.25) is 0 Å². The van der Waals surface area contributed by atoms with Crippen LogP contribution in [0.1, 0.15) is 11.7 Å². The molecule has 19 heavy (non-hydrogen) atoms. The SMILES string of the molecule is NCC(Oc1cccc(Cl)c1F)c1ccc(F)cc1. The summed E-state index contributed by atoms with van der Waals surface area (Å²) < 4.78 is 32.1. The van der Waals surface area contributed by atoms with E-state index in [0.29, 0.717) is 5.56 Å². The van der Waals surface area contributed by atoms with Crippen molar-refractivity contribution in [3.63, 3.8) is 0 Å². The second kappa shape index (κ2) is 5.99. The highest BCUT2D eigenvalue weighted by Crippen LogP contribution is 2.28. The van der Waals surface area contributed by atoms with Crippen LogP contribution in [0.5, 0.6) is 5.75 Å². The highest BCUT2D eigenvalue weighted by Gasteiger charge is 2.15. The Morgan fingerprint density at radius 1 is 1.11 bits per heavy atom. The van der Waals surface area contributed by atoms with E-state index >= 15 is 0 Å². The maximum atomic E-state index is 13.7. The average Bonchev–Trinajstić information content (AvgIpc) is 2.42. The van der Waals surface area contributed by atoms with Crippen molar-refractivity contribution < 1.29 is 13.5 Å². The Hall–Kier alpha value is -1.65. The van der Waals surface area contributed by atoms with E-state index in [1.165, 1.54) is 24.3 Å². The quantitative estimate of drug-likeness (QED) is 0.929. The van der Waals surface area contributed by atoms with Crippen molar-refractivity contribution in [3.8, 4) is 5.75 Å². The van der Waals surface area contributed by atoms with Gasteiger partial charge in [-0.25, -0.2) is 8.78 Å². The number of rotatable bonds is 4. The Morgan fingerprint density at radius 3 is 2.42 bits per heavy atom. The standard InChI is InChI=1S/C14H12ClF2NO/c15-11-2-1-3-12(14(11)17)19-13(8-18)9-4-6-10(16)7-5-9/h1-7,13H,8,18H2. The molecular formula is C14H12ClF2NO. The average molecular weight is 284 g/mol. The summed E-state index contributed by atoms with van der Waals surface area (Å²) in [5, 5.41) is -0.0209. The molecule has 2 nitrogen and oxygen atoms in total. The van der Waals surface area contributed by atoms with Crippen LogP contribution < -0.4 is 10.5 Å². The lowest BCUT2D eigenvalue weighted by molar-refractivity contribution is 0.204. The molecule has 1 atom stereocenters. The summed E-state index contributed by atoms with van der Waals surface area (Å²) in [6.07, 6.45) is -0.562. The summed E-state index contributed by atoms with van der Waals surface area (Å²) in [4.78, 5) is 0. The highest BCUT2D eigenvalue weighted by molar-refractivity contribution is 6.30. The zero-order valence-electron chi connectivity index (χ0n) is 9.95. The molecular weight excluding hydrogens is 272 g/mol. The summed E-state index contributed by atoms with van der Waals surface area (Å²) in [5.74, 6) is -0.967. The molecule has 2 rings (SSSR count). The molecule has 100 valence electrons. The van der Waals surface area contributed by atoms with Crippen LogP contribution >= 0.6 is 11.6 Å². The molecule has 1 unspecified atom stereocenters. The predicted molar refractivity (Wildman–Crippen MR) is 70.2 cm³/mol. The third kappa shape index (κ3) is 3.22. The first-order chi connectivity index (χ1) is 9.11. The van der Waals surface area contributed by atoms with Gasteiger partial charge in [0, 0.05) is 6.54 Å². The molecule has 0 aliphatic carbocycles. The van der Waals surface area contributed by atoms with E-state index in [1.54, 1.807) is 18.2 Å². The lowest BCUT2D eigenvalue weighted by Gasteiger charge is -2.18. The van der Waals surface area contributed by atoms with Crippen LogP contribution in [0.2, 0.25) is 5.02 Å². The molecule has 0 bridgehead atoms. The van der Waals surface area contributed by atoms with Crippen molar-refractivity contribution >= 4 is 11.6 Å². The lowest BCUT2D eigenvalue weighted by atomic mass is 10.1.